The van der Waals surface area contributed by atoms with Crippen molar-refractivity contribution in [1.82, 2.24) is 9.21 Å². The van der Waals surface area contributed by atoms with E-state index in [0.717, 1.165) is 18.9 Å². The van der Waals surface area contributed by atoms with Crippen molar-refractivity contribution in [2.45, 2.75) is 37.3 Å². The minimum Gasteiger partial charge on any atom is -0.474 e. The Hall–Kier alpha value is -3.05. The van der Waals surface area contributed by atoms with E-state index in [9.17, 15) is 27.7 Å². The molecule has 1 aliphatic heterocycles. The van der Waals surface area contributed by atoms with Crippen LogP contribution in [0.3, 0.4) is 0 Å². The zero-order valence-electron chi connectivity index (χ0n) is 17.7. The number of benzene rings is 2. The topological polar surface area (TPSA) is 110 Å². The summed E-state index contributed by atoms with van der Waals surface area (Å²) >= 11 is 0. The lowest BCUT2D eigenvalue weighted by Crippen LogP contribution is -2.37. The lowest BCUT2D eigenvalue weighted by molar-refractivity contribution is -0.386. The van der Waals surface area contributed by atoms with E-state index in [1.165, 1.54) is 53.5 Å². The molecule has 0 N–H and O–H groups in total. The van der Waals surface area contributed by atoms with Crippen LogP contribution in [0.25, 0.3) is 0 Å². The van der Waals surface area contributed by atoms with Crippen LogP contribution in [-0.4, -0.2) is 54.7 Å². The van der Waals surface area contributed by atoms with Crippen LogP contribution in [0.4, 0.5) is 10.1 Å². The molecule has 1 aliphatic rings. The Morgan fingerprint density at radius 2 is 1.94 bits per heavy atom. The minimum absolute atomic E-state index is 0.124. The third kappa shape index (κ3) is 5.22. The summed E-state index contributed by atoms with van der Waals surface area (Å²) in [5.41, 5.74) is 0.0354. The van der Waals surface area contributed by atoms with Gasteiger partial charge in [-0.1, -0.05) is 12.1 Å². The van der Waals surface area contributed by atoms with E-state index in [0.29, 0.717) is 18.7 Å². The van der Waals surface area contributed by atoms with Gasteiger partial charge < -0.3 is 9.64 Å². The first kappa shape index (κ1) is 23.6. The zero-order chi connectivity index (χ0) is 23.5. The van der Waals surface area contributed by atoms with Crippen molar-refractivity contribution < 1.29 is 27.3 Å². The molecular weight excluding hydrogens is 441 g/mol. The minimum atomic E-state index is -3.84. The van der Waals surface area contributed by atoms with Gasteiger partial charge >= 0.3 is 5.69 Å². The first-order valence-electron chi connectivity index (χ1n) is 10.0. The van der Waals surface area contributed by atoms with Gasteiger partial charge in [-0.3, -0.25) is 14.9 Å². The average Bonchev–Trinajstić information content (AvgIpc) is 3.29. The fraction of sp³-hybridized carbons (Fsp3) is 0.381. The number of likely N-dealkylation sites (N-methyl/N-ethyl adjacent to an activating group) is 1. The Bertz CT molecular complexity index is 1120. The molecule has 0 aliphatic carbocycles. The Morgan fingerprint density at radius 3 is 2.56 bits per heavy atom. The van der Waals surface area contributed by atoms with Gasteiger partial charge in [0.05, 0.1) is 9.82 Å². The monoisotopic (exact) mass is 465 g/mol. The smallest absolute Gasteiger partial charge is 0.312 e. The van der Waals surface area contributed by atoms with E-state index in [1.54, 1.807) is 6.07 Å². The van der Waals surface area contributed by atoms with Gasteiger partial charge in [0.15, 0.2) is 11.9 Å². The summed E-state index contributed by atoms with van der Waals surface area (Å²) < 4.78 is 45.6. The predicted molar refractivity (Wildman–Crippen MR) is 114 cm³/mol. The van der Waals surface area contributed by atoms with Gasteiger partial charge in [-0.25, -0.2) is 12.8 Å². The van der Waals surface area contributed by atoms with E-state index < -0.39 is 38.5 Å². The third-order valence-electron chi connectivity index (χ3n) is 5.17. The lowest BCUT2D eigenvalue weighted by Gasteiger charge is -2.22. The lowest BCUT2D eigenvalue weighted by atomic mass is 10.2. The third-order valence-corrected chi connectivity index (χ3v) is 7.06. The molecule has 11 heteroatoms. The van der Waals surface area contributed by atoms with Crippen LogP contribution in [0.1, 0.15) is 25.3 Å². The summed E-state index contributed by atoms with van der Waals surface area (Å²) in [7, 11) is -2.33. The number of sulfonamides is 1. The highest BCUT2D eigenvalue weighted by atomic mass is 32.2. The molecule has 0 saturated carbocycles. The number of carbonyl (C=O) groups excluding carboxylic acids is 1. The second-order valence-corrected chi connectivity index (χ2v) is 9.52. The average molecular weight is 466 g/mol. The standard InChI is InChI=1S/C21H24FN3O6S/c1-15(21(26)23(2)14-16-6-5-7-17(22)12-16)31-20-9-8-18(13-19(20)25(27)28)32(29,30)24-10-3-4-11-24/h5-9,12-13,15H,3-4,10-11,14H2,1-2H3/t15-/m1/s1. The number of ether oxygens (including phenoxy) is 1. The summed E-state index contributed by atoms with van der Waals surface area (Å²) in [6.07, 6.45) is 0.393. The van der Waals surface area contributed by atoms with E-state index in [-0.39, 0.29) is 17.2 Å². The molecule has 1 atom stereocenters. The molecule has 1 amide bonds. The molecule has 1 fully saturated rings. The van der Waals surface area contributed by atoms with Gasteiger partial charge in [-0.2, -0.15) is 4.31 Å². The Kier molecular flexibility index (Phi) is 7.09. The number of halogens is 1. The molecule has 32 heavy (non-hydrogen) atoms. The maximum absolute atomic E-state index is 13.4. The van der Waals surface area contributed by atoms with Crippen molar-refractivity contribution in [2.24, 2.45) is 0 Å². The first-order valence-corrected chi connectivity index (χ1v) is 11.5. The van der Waals surface area contributed by atoms with Crippen LogP contribution in [-0.2, 0) is 21.4 Å². The fourth-order valence-electron chi connectivity index (χ4n) is 3.52. The normalized spacial score (nSPS) is 15.3. The predicted octanol–water partition coefficient (Wildman–Crippen LogP) is 2.94. The molecule has 0 bridgehead atoms. The maximum Gasteiger partial charge on any atom is 0.312 e. The first-order chi connectivity index (χ1) is 15.1. The zero-order valence-corrected chi connectivity index (χ0v) is 18.5. The van der Waals surface area contributed by atoms with E-state index in [1.807, 2.05) is 0 Å². The van der Waals surface area contributed by atoms with Gasteiger partial charge in [-0.05, 0) is 49.6 Å². The number of nitro groups is 1. The Balaban J connectivity index is 1.76. The van der Waals surface area contributed by atoms with E-state index in [4.69, 9.17) is 4.74 Å². The molecule has 2 aromatic rings. The molecule has 1 heterocycles. The van der Waals surface area contributed by atoms with Gasteiger partial charge in [0.1, 0.15) is 5.82 Å². The summed E-state index contributed by atoms with van der Waals surface area (Å²) in [4.78, 5) is 24.6. The van der Waals surface area contributed by atoms with Crippen molar-refractivity contribution in [2.75, 3.05) is 20.1 Å². The van der Waals surface area contributed by atoms with Crippen LogP contribution < -0.4 is 4.74 Å². The number of nitrogens with zero attached hydrogens (tertiary/aromatic N) is 3. The molecule has 0 unspecified atom stereocenters. The molecule has 172 valence electrons. The second-order valence-electron chi connectivity index (χ2n) is 7.58. The molecule has 9 nitrogen and oxygen atoms in total. The number of rotatable bonds is 8. The largest absolute Gasteiger partial charge is 0.474 e. The van der Waals surface area contributed by atoms with E-state index >= 15 is 0 Å². The van der Waals surface area contributed by atoms with Crippen molar-refractivity contribution >= 4 is 21.6 Å². The quantitative estimate of drug-likeness (QED) is 0.438. The van der Waals surface area contributed by atoms with Crippen molar-refractivity contribution in [3.8, 4) is 5.75 Å². The number of nitro benzene ring substituents is 1. The van der Waals surface area contributed by atoms with Crippen molar-refractivity contribution in [1.29, 1.82) is 0 Å². The molecule has 2 aromatic carbocycles. The van der Waals surface area contributed by atoms with Gasteiger partial charge in [0.2, 0.25) is 10.0 Å². The summed E-state index contributed by atoms with van der Waals surface area (Å²) in [5, 5.41) is 11.6. The number of hydrogen-bond acceptors (Lipinski definition) is 6. The highest BCUT2D eigenvalue weighted by Crippen LogP contribution is 2.32. The summed E-state index contributed by atoms with van der Waals surface area (Å²) in [6.45, 7) is 2.30. The van der Waals surface area contributed by atoms with Crippen LogP contribution >= 0.6 is 0 Å². The van der Waals surface area contributed by atoms with Gasteiger partial charge in [0.25, 0.3) is 5.91 Å². The van der Waals surface area contributed by atoms with Crippen LogP contribution in [0.15, 0.2) is 47.4 Å². The summed E-state index contributed by atoms with van der Waals surface area (Å²) in [6, 6.07) is 9.19. The van der Waals surface area contributed by atoms with Crippen LogP contribution in [0.5, 0.6) is 5.75 Å². The highest BCUT2D eigenvalue weighted by molar-refractivity contribution is 7.89. The Morgan fingerprint density at radius 1 is 1.25 bits per heavy atom. The molecule has 0 aromatic heterocycles. The molecule has 3 rings (SSSR count). The van der Waals surface area contributed by atoms with E-state index in [2.05, 4.69) is 0 Å². The van der Waals surface area contributed by atoms with Gasteiger partial charge in [0, 0.05) is 32.7 Å². The molecular formula is C21H24FN3O6S. The number of amides is 1. The highest BCUT2D eigenvalue weighted by Gasteiger charge is 2.31. The number of hydrogen-bond donors (Lipinski definition) is 0. The molecule has 1 saturated heterocycles. The molecule has 0 radical (unpaired) electrons. The second kappa shape index (κ2) is 9.61. The number of carbonyl (C=O) groups is 1. The Labute approximate surface area is 185 Å². The summed E-state index contributed by atoms with van der Waals surface area (Å²) in [5.74, 6) is -1.11. The fourth-order valence-corrected chi connectivity index (χ4v) is 5.05. The SMILES string of the molecule is C[C@@H](Oc1ccc(S(=O)(=O)N2CCCC2)cc1[N+](=O)[O-])C(=O)N(C)Cc1cccc(F)c1. The maximum atomic E-state index is 13.4. The van der Waals surface area contributed by atoms with Crippen molar-refractivity contribution in [3.05, 3.63) is 64.0 Å². The van der Waals surface area contributed by atoms with Crippen LogP contribution in [0, 0.1) is 15.9 Å². The van der Waals surface area contributed by atoms with Crippen molar-refractivity contribution in [3.63, 3.8) is 0 Å². The molecule has 0 spiro atoms. The van der Waals surface area contributed by atoms with Gasteiger partial charge in [-0.15, -0.1) is 0 Å². The van der Waals surface area contributed by atoms with Crippen LogP contribution in [0.2, 0.25) is 0 Å².